The van der Waals surface area contributed by atoms with E-state index in [9.17, 15) is 4.79 Å². The molecule has 8 nitrogen and oxygen atoms in total. The summed E-state index contributed by atoms with van der Waals surface area (Å²) in [5.74, 6) is 1.45. The SMILES string of the molecule is COc1ccc(/C=N\Nc2nncc(=O)[nH]2)c(OC)c1. The molecule has 0 fully saturated rings. The number of H-pyrrole nitrogens is 1. The lowest BCUT2D eigenvalue weighted by Gasteiger charge is -2.06. The summed E-state index contributed by atoms with van der Waals surface area (Å²) < 4.78 is 10.3. The predicted molar refractivity (Wildman–Crippen MR) is 73.4 cm³/mol. The molecular formula is C12H13N5O3. The molecule has 0 aliphatic carbocycles. The van der Waals surface area contributed by atoms with Gasteiger partial charge in [-0.2, -0.15) is 5.10 Å². The van der Waals surface area contributed by atoms with Gasteiger partial charge in [-0.1, -0.05) is 0 Å². The van der Waals surface area contributed by atoms with Gasteiger partial charge in [-0.3, -0.25) is 9.78 Å². The van der Waals surface area contributed by atoms with Gasteiger partial charge < -0.3 is 9.47 Å². The molecule has 0 amide bonds. The Morgan fingerprint density at radius 1 is 1.35 bits per heavy atom. The summed E-state index contributed by atoms with van der Waals surface area (Å²) in [5, 5.41) is 11.1. The van der Waals surface area contributed by atoms with Crippen LogP contribution in [-0.2, 0) is 0 Å². The van der Waals surface area contributed by atoms with Crippen molar-refractivity contribution in [2.24, 2.45) is 5.10 Å². The summed E-state index contributed by atoms with van der Waals surface area (Å²) in [6.07, 6.45) is 2.60. The van der Waals surface area contributed by atoms with Crippen molar-refractivity contribution in [1.82, 2.24) is 15.2 Å². The maximum Gasteiger partial charge on any atom is 0.271 e. The number of nitrogens with zero attached hydrogens (tertiary/aromatic N) is 3. The van der Waals surface area contributed by atoms with Crippen LogP contribution in [0.5, 0.6) is 11.5 Å². The highest BCUT2D eigenvalue weighted by Gasteiger charge is 2.02. The second-order valence-electron chi connectivity index (χ2n) is 3.66. The third-order valence-electron chi connectivity index (χ3n) is 2.39. The maximum absolute atomic E-state index is 11.0. The largest absolute Gasteiger partial charge is 0.497 e. The van der Waals surface area contributed by atoms with Crippen LogP contribution >= 0.6 is 0 Å². The molecule has 0 aliphatic heterocycles. The van der Waals surface area contributed by atoms with Gasteiger partial charge in [0.05, 0.1) is 20.4 Å². The Balaban J connectivity index is 2.13. The van der Waals surface area contributed by atoms with Crippen LogP contribution in [0.3, 0.4) is 0 Å². The number of ether oxygens (including phenoxy) is 2. The van der Waals surface area contributed by atoms with E-state index in [2.05, 4.69) is 25.7 Å². The van der Waals surface area contributed by atoms with Crippen molar-refractivity contribution in [2.75, 3.05) is 19.6 Å². The van der Waals surface area contributed by atoms with Gasteiger partial charge in [0.2, 0.25) is 5.95 Å². The zero-order valence-electron chi connectivity index (χ0n) is 11.0. The van der Waals surface area contributed by atoms with Crippen LogP contribution in [0.4, 0.5) is 5.95 Å². The molecule has 0 aliphatic rings. The number of aromatic nitrogens is 3. The smallest absolute Gasteiger partial charge is 0.271 e. The lowest BCUT2D eigenvalue weighted by Crippen LogP contribution is -2.10. The van der Waals surface area contributed by atoms with Gasteiger partial charge >= 0.3 is 0 Å². The molecule has 0 bridgehead atoms. The number of hydrogen-bond donors (Lipinski definition) is 2. The molecule has 0 unspecified atom stereocenters. The number of nitrogens with one attached hydrogen (secondary N) is 2. The molecule has 1 heterocycles. The molecule has 1 aromatic heterocycles. The monoisotopic (exact) mass is 275 g/mol. The van der Waals surface area contributed by atoms with Crippen molar-refractivity contribution in [2.45, 2.75) is 0 Å². The van der Waals surface area contributed by atoms with E-state index < -0.39 is 0 Å². The van der Waals surface area contributed by atoms with Crippen LogP contribution in [0.2, 0.25) is 0 Å². The third kappa shape index (κ3) is 3.31. The van der Waals surface area contributed by atoms with Crippen LogP contribution in [0, 0.1) is 0 Å². The van der Waals surface area contributed by atoms with Crippen molar-refractivity contribution in [1.29, 1.82) is 0 Å². The fourth-order valence-corrected chi connectivity index (χ4v) is 1.45. The van der Waals surface area contributed by atoms with E-state index in [1.54, 1.807) is 32.4 Å². The summed E-state index contributed by atoms with van der Waals surface area (Å²) in [4.78, 5) is 13.4. The zero-order chi connectivity index (χ0) is 14.4. The third-order valence-corrected chi connectivity index (χ3v) is 2.39. The molecule has 0 radical (unpaired) electrons. The number of hydrogen-bond acceptors (Lipinski definition) is 7. The molecular weight excluding hydrogens is 262 g/mol. The van der Waals surface area contributed by atoms with Gasteiger partial charge in [0.25, 0.3) is 5.56 Å². The first kappa shape index (κ1) is 13.5. The lowest BCUT2D eigenvalue weighted by molar-refractivity contribution is 0.394. The second-order valence-corrected chi connectivity index (χ2v) is 3.66. The molecule has 0 spiro atoms. The van der Waals surface area contributed by atoms with Crippen molar-refractivity contribution >= 4 is 12.2 Å². The Morgan fingerprint density at radius 3 is 2.90 bits per heavy atom. The predicted octanol–water partition coefficient (Wildman–Crippen LogP) is 0.628. The van der Waals surface area contributed by atoms with Crippen molar-refractivity contribution in [3.63, 3.8) is 0 Å². The fourth-order valence-electron chi connectivity index (χ4n) is 1.45. The van der Waals surface area contributed by atoms with Crippen molar-refractivity contribution in [3.05, 3.63) is 40.3 Å². The number of benzene rings is 1. The summed E-state index contributed by atoms with van der Waals surface area (Å²) in [6, 6.07) is 5.32. The first-order chi connectivity index (χ1) is 9.72. The molecule has 20 heavy (non-hydrogen) atoms. The summed E-state index contributed by atoms with van der Waals surface area (Å²) in [5.41, 5.74) is 2.95. The molecule has 0 saturated carbocycles. The maximum atomic E-state index is 11.0. The molecule has 104 valence electrons. The number of hydrazone groups is 1. The van der Waals surface area contributed by atoms with E-state index in [1.165, 1.54) is 6.21 Å². The van der Waals surface area contributed by atoms with E-state index in [0.717, 1.165) is 11.8 Å². The Labute approximate surface area is 114 Å². The van der Waals surface area contributed by atoms with Gasteiger partial charge in [0.1, 0.15) is 17.7 Å². The van der Waals surface area contributed by atoms with Crippen LogP contribution in [0.15, 0.2) is 34.3 Å². The highest BCUT2D eigenvalue weighted by molar-refractivity contribution is 5.84. The quantitative estimate of drug-likeness (QED) is 0.613. The number of rotatable bonds is 5. The summed E-state index contributed by atoms with van der Waals surface area (Å²) in [7, 11) is 3.13. The van der Waals surface area contributed by atoms with Gasteiger partial charge in [0, 0.05) is 11.6 Å². The first-order valence-corrected chi connectivity index (χ1v) is 5.66. The summed E-state index contributed by atoms with van der Waals surface area (Å²) >= 11 is 0. The van der Waals surface area contributed by atoms with Gasteiger partial charge in [-0.05, 0) is 12.1 Å². The van der Waals surface area contributed by atoms with Crippen molar-refractivity contribution in [3.8, 4) is 11.5 Å². The van der Waals surface area contributed by atoms with E-state index >= 15 is 0 Å². The molecule has 8 heteroatoms. The first-order valence-electron chi connectivity index (χ1n) is 5.66. The number of anilines is 1. The number of aromatic amines is 1. The van der Waals surface area contributed by atoms with Crippen LogP contribution in [-0.4, -0.2) is 35.6 Å². The average Bonchev–Trinajstić information content (AvgIpc) is 2.47. The van der Waals surface area contributed by atoms with Gasteiger partial charge in [-0.15, -0.1) is 10.2 Å². The minimum atomic E-state index is -0.361. The fraction of sp³-hybridized carbons (Fsp3) is 0.167. The Bertz CT molecular complexity index is 668. The highest BCUT2D eigenvalue weighted by Crippen LogP contribution is 2.22. The lowest BCUT2D eigenvalue weighted by atomic mass is 10.2. The number of methoxy groups -OCH3 is 2. The van der Waals surface area contributed by atoms with E-state index in [0.29, 0.717) is 11.5 Å². The molecule has 0 atom stereocenters. The minimum Gasteiger partial charge on any atom is -0.497 e. The standard InChI is InChI=1S/C12H13N5O3/c1-19-9-4-3-8(10(5-9)20-2)6-13-16-12-15-11(18)7-14-17-12/h3-7H,1-2H3,(H2,15,16,17,18)/b13-6-. The zero-order valence-corrected chi connectivity index (χ0v) is 11.0. The van der Waals surface area contributed by atoms with Crippen LogP contribution in [0.1, 0.15) is 5.56 Å². The van der Waals surface area contributed by atoms with Crippen molar-refractivity contribution < 1.29 is 9.47 Å². The van der Waals surface area contributed by atoms with E-state index in [1.807, 2.05) is 0 Å². The van der Waals surface area contributed by atoms with E-state index in [-0.39, 0.29) is 11.5 Å². The molecule has 1 aromatic carbocycles. The van der Waals surface area contributed by atoms with Crippen LogP contribution < -0.4 is 20.5 Å². The van der Waals surface area contributed by atoms with Crippen LogP contribution in [0.25, 0.3) is 0 Å². The van der Waals surface area contributed by atoms with E-state index in [4.69, 9.17) is 9.47 Å². The summed E-state index contributed by atoms with van der Waals surface area (Å²) in [6.45, 7) is 0. The Kier molecular flexibility index (Phi) is 4.28. The molecule has 2 rings (SSSR count). The Morgan fingerprint density at radius 2 is 2.20 bits per heavy atom. The van der Waals surface area contributed by atoms with Gasteiger partial charge in [-0.25, -0.2) is 5.43 Å². The molecule has 2 N–H and O–H groups in total. The highest BCUT2D eigenvalue weighted by atomic mass is 16.5. The normalized spacial score (nSPS) is 10.5. The Hall–Kier alpha value is -2.90. The second kappa shape index (κ2) is 6.32. The average molecular weight is 275 g/mol. The van der Waals surface area contributed by atoms with Gasteiger partial charge in [0.15, 0.2) is 0 Å². The molecule has 0 saturated heterocycles. The topological polar surface area (TPSA) is 101 Å². The molecule has 2 aromatic rings. The minimum absolute atomic E-state index is 0.154.